The number of rotatable bonds is 4. The van der Waals surface area contributed by atoms with Gasteiger partial charge in [0.05, 0.1) is 11.5 Å². The van der Waals surface area contributed by atoms with Crippen molar-refractivity contribution in [1.82, 2.24) is 0 Å². The number of halogens is 5. The van der Waals surface area contributed by atoms with E-state index in [4.69, 9.17) is 4.74 Å². The van der Waals surface area contributed by atoms with Crippen LogP contribution in [0.2, 0.25) is 0 Å². The van der Waals surface area contributed by atoms with E-state index in [1.165, 1.54) is 6.92 Å². The van der Waals surface area contributed by atoms with Crippen molar-refractivity contribution in [2.45, 2.75) is 11.8 Å². The summed E-state index contributed by atoms with van der Waals surface area (Å²) < 4.78 is 66.9. The molecule has 0 atom stereocenters. The predicted octanol–water partition coefficient (Wildman–Crippen LogP) is 4.65. The Bertz CT molecular complexity index is 501. The monoisotopic (exact) mass is 293 g/mol. The fraction of sp³-hybridized carbons (Fsp3) is 0.250. The van der Waals surface area contributed by atoms with E-state index in [1.807, 2.05) is 0 Å². The topological polar surface area (TPSA) is 52.4 Å². The Labute approximate surface area is 98.2 Å². The van der Waals surface area contributed by atoms with Gasteiger partial charge < -0.3 is 4.74 Å². The van der Waals surface area contributed by atoms with Crippen molar-refractivity contribution in [3.63, 3.8) is 0 Å². The molecule has 0 amide bonds. The molecule has 0 unspecified atom stereocenters. The number of nitro groups is 1. The third-order valence-electron chi connectivity index (χ3n) is 1.87. The Kier molecular flexibility index (Phi) is 2.79. The maximum atomic E-state index is 12.4. The van der Waals surface area contributed by atoms with E-state index >= 15 is 0 Å². The Morgan fingerprint density at radius 1 is 1.28 bits per heavy atom. The molecule has 0 aliphatic heterocycles. The van der Waals surface area contributed by atoms with Gasteiger partial charge in [-0.1, -0.05) is 19.4 Å². The molecule has 0 aromatic heterocycles. The van der Waals surface area contributed by atoms with Gasteiger partial charge in [-0.05, 0) is 19.1 Å². The van der Waals surface area contributed by atoms with E-state index in [9.17, 15) is 29.5 Å². The van der Waals surface area contributed by atoms with E-state index in [0.29, 0.717) is 6.07 Å². The van der Waals surface area contributed by atoms with Crippen LogP contribution in [0, 0.1) is 10.1 Å². The second kappa shape index (κ2) is 3.46. The van der Waals surface area contributed by atoms with Crippen molar-refractivity contribution < 1.29 is 29.1 Å². The molecule has 0 saturated heterocycles. The van der Waals surface area contributed by atoms with Crippen LogP contribution in [0.25, 0.3) is 0 Å². The minimum atomic E-state index is -9.92. The van der Waals surface area contributed by atoms with Crippen LogP contribution in [0.3, 0.4) is 0 Å². The molecule has 0 N–H and O–H groups in total. The van der Waals surface area contributed by atoms with Crippen LogP contribution < -0.4 is 4.74 Å². The number of benzene rings is 1. The Hall–Kier alpha value is -1.58. The van der Waals surface area contributed by atoms with Crippen LogP contribution in [0.1, 0.15) is 6.92 Å². The lowest BCUT2D eigenvalue weighted by Gasteiger charge is -2.40. The minimum Gasteiger partial charge on any atom is -0.487 e. The van der Waals surface area contributed by atoms with Crippen molar-refractivity contribution in [3.8, 4) is 5.75 Å². The van der Waals surface area contributed by atoms with Gasteiger partial charge in [0.1, 0.15) is 4.90 Å². The number of hydrogen-bond acceptors (Lipinski definition) is 3. The fourth-order valence-corrected chi connectivity index (χ4v) is 1.82. The summed E-state index contributed by atoms with van der Waals surface area (Å²) in [5.41, 5.74) is -1.15. The Balaban J connectivity index is 3.47. The minimum absolute atomic E-state index is 0.0450. The largest absolute Gasteiger partial charge is 0.487 e. The summed E-state index contributed by atoms with van der Waals surface area (Å²) in [6, 6.07) is 0.362. The van der Waals surface area contributed by atoms with Crippen LogP contribution in [0.5, 0.6) is 5.75 Å². The summed E-state index contributed by atoms with van der Waals surface area (Å²) in [6.07, 6.45) is 0. The number of nitrogens with zero attached hydrogens (tertiary/aromatic N) is 1. The van der Waals surface area contributed by atoms with Crippen LogP contribution in [-0.4, -0.2) is 11.5 Å². The van der Waals surface area contributed by atoms with Crippen molar-refractivity contribution in [2.24, 2.45) is 0 Å². The lowest BCUT2D eigenvalue weighted by Crippen LogP contribution is -2.07. The van der Waals surface area contributed by atoms with Gasteiger partial charge in [0.15, 0.2) is 5.75 Å². The first kappa shape index (κ1) is 14.5. The van der Waals surface area contributed by atoms with Crippen molar-refractivity contribution in [3.05, 3.63) is 28.3 Å². The third kappa shape index (κ3) is 3.22. The highest BCUT2D eigenvalue weighted by Gasteiger charge is 2.65. The smallest absolute Gasteiger partial charge is 0.312 e. The average molecular weight is 293 g/mol. The molecule has 0 radical (unpaired) electrons. The SMILES string of the molecule is CCOc1ccc(S(F)(F)(F)(F)F)cc1[N+](=O)[O-]. The van der Waals surface area contributed by atoms with Crippen LogP contribution in [-0.2, 0) is 0 Å². The molecule has 0 aliphatic carbocycles. The Morgan fingerprint density at radius 2 is 1.83 bits per heavy atom. The molecule has 1 aromatic rings. The van der Waals surface area contributed by atoms with Gasteiger partial charge >= 0.3 is 15.9 Å². The van der Waals surface area contributed by atoms with Gasteiger partial charge in [-0.15, -0.1) is 0 Å². The van der Waals surface area contributed by atoms with Crippen LogP contribution in [0.4, 0.5) is 25.1 Å². The van der Waals surface area contributed by atoms with E-state index in [2.05, 4.69) is 0 Å². The highest BCUT2D eigenvalue weighted by atomic mass is 32.5. The molecular formula is C8H8F5NO3S. The standard InChI is InChI=1S/C8H8F5NO3S/c1-2-17-8-4-3-6(5-7(8)14(15)16)18(9,10,11,12)13/h3-5H,2H2,1H3. The lowest BCUT2D eigenvalue weighted by molar-refractivity contribution is -0.386. The first-order valence-corrected chi connectivity index (χ1v) is 6.45. The molecule has 1 aromatic carbocycles. The summed E-state index contributed by atoms with van der Waals surface area (Å²) in [5.74, 6) is -0.492. The summed E-state index contributed by atoms with van der Waals surface area (Å²) in [5, 5.41) is 10.5. The number of hydrogen-bond donors (Lipinski definition) is 0. The summed E-state index contributed by atoms with van der Waals surface area (Å²) >= 11 is 0. The first-order valence-electron chi connectivity index (χ1n) is 4.50. The number of ether oxygens (including phenoxy) is 1. The van der Waals surface area contributed by atoms with Gasteiger partial charge in [-0.2, -0.15) is 0 Å². The molecule has 1 rings (SSSR count). The molecule has 0 saturated carbocycles. The molecule has 18 heavy (non-hydrogen) atoms. The van der Waals surface area contributed by atoms with E-state index in [-0.39, 0.29) is 18.7 Å². The molecule has 4 nitrogen and oxygen atoms in total. The van der Waals surface area contributed by atoms with E-state index in [0.717, 1.165) is 0 Å². The molecule has 0 aliphatic rings. The van der Waals surface area contributed by atoms with E-state index < -0.39 is 31.5 Å². The summed E-state index contributed by atoms with van der Waals surface area (Å²) in [6.45, 7) is 1.40. The predicted molar refractivity (Wildman–Crippen MR) is 55.7 cm³/mol. The van der Waals surface area contributed by atoms with E-state index in [1.54, 1.807) is 0 Å². The van der Waals surface area contributed by atoms with Gasteiger partial charge in [-0.3, -0.25) is 10.1 Å². The highest BCUT2D eigenvalue weighted by Crippen LogP contribution is 3.02. The van der Waals surface area contributed by atoms with Gasteiger partial charge in [0.2, 0.25) is 0 Å². The molecule has 0 fully saturated rings. The summed E-state index contributed by atoms with van der Waals surface area (Å²) in [4.78, 5) is 6.99. The highest BCUT2D eigenvalue weighted by molar-refractivity contribution is 8.45. The van der Waals surface area contributed by atoms with Crippen molar-refractivity contribution in [1.29, 1.82) is 0 Å². The van der Waals surface area contributed by atoms with Crippen LogP contribution >= 0.6 is 10.2 Å². The fourth-order valence-electron chi connectivity index (χ4n) is 1.16. The lowest BCUT2D eigenvalue weighted by atomic mass is 10.3. The maximum Gasteiger partial charge on any atom is 0.312 e. The Morgan fingerprint density at radius 3 is 2.22 bits per heavy atom. The first-order chi connectivity index (χ1) is 7.85. The molecule has 10 heteroatoms. The third-order valence-corrected chi connectivity index (χ3v) is 3.02. The van der Waals surface area contributed by atoms with Crippen molar-refractivity contribution >= 4 is 15.9 Å². The normalized spacial score (nSPS) is 15.7. The van der Waals surface area contributed by atoms with Crippen LogP contribution in [0.15, 0.2) is 23.1 Å². The summed E-state index contributed by atoms with van der Waals surface area (Å²) in [7, 11) is -9.92. The molecule has 0 spiro atoms. The van der Waals surface area contributed by atoms with Gasteiger partial charge in [0, 0.05) is 6.07 Å². The molecule has 0 bridgehead atoms. The number of nitro benzene ring substituents is 1. The second-order valence-electron chi connectivity index (χ2n) is 3.29. The maximum absolute atomic E-state index is 12.4. The second-order valence-corrected chi connectivity index (χ2v) is 5.70. The van der Waals surface area contributed by atoms with Gasteiger partial charge in [0.25, 0.3) is 0 Å². The van der Waals surface area contributed by atoms with Gasteiger partial charge in [-0.25, -0.2) is 0 Å². The quantitative estimate of drug-likeness (QED) is 0.461. The zero-order valence-corrected chi connectivity index (χ0v) is 9.73. The molecule has 104 valence electrons. The average Bonchev–Trinajstić information content (AvgIpc) is 2.14. The molecule has 0 heterocycles. The zero-order chi connectivity index (χ0) is 14.3. The molecular weight excluding hydrogens is 285 g/mol. The van der Waals surface area contributed by atoms with Crippen molar-refractivity contribution in [2.75, 3.05) is 6.61 Å². The zero-order valence-electron chi connectivity index (χ0n) is 8.91.